The van der Waals surface area contributed by atoms with Crippen molar-refractivity contribution in [1.29, 1.82) is 0 Å². The minimum Gasteiger partial charge on any atom is -0.466 e. The molecule has 0 unspecified atom stereocenters. The van der Waals surface area contributed by atoms with Gasteiger partial charge in [0.15, 0.2) is 0 Å². The summed E-state index contributed by atoms with van der Waals surface area (Å²) >= 11 is 0. The second kappa shape index (κ2) is 9.25. The molecule has 1 aliphatic heterocycles. The Morgan fingerprint density at radius 3 is 2.30 bits per heavy atom. The van der Waals surface area contributed by atoms with Gasteiger partial charge in [-0.15, -0.1) is 0 Å². The van der Waals surface area contributed by atoms with Crippen LogP contribution in [-0.4, -0.2) is 42.3 Å². The molecule has 1 aliphatic rings. The predicted molar refractivity (Wildman–Crippen MR) is 105 cm³/mol. The predicted octanol–water partition coefficient (Wildman–Crippen LogP) is 4.59. The molecule has 1 fully saturated rings. The number of hydrogen-bond donors (Lipinski definition) is 0. The van der Waals surface area contributed by atoms with Crippen LogP contribution in [0, 0.1) is 5.41 Å². The second-order valence-electron chi connectivity index (χ2n) is 8.31. The molecule has 1 aromatic rings. The van der Waals surface area contributed by atoms with Crippen LogP contribution in [0.15, 0.2) is 30.3 Å². The van der Waals surface area contributed by atoms with Crippen molar-refractivity contribution in [2.24, 2.45) is 5.41 Å². The van der Waals surface area contributed by atoms with E-state index in [1.807, 2.05) is 45.9 Å². The standard InChI is InChI=1S/C22H33NO4/c1-5-26-19(24)22(13-9-12-18-10-7-6-8-11-18)14-16-23(17-15-22)20(25)27-21(2,3)4/h6-8,10-11H,5,9,12-17H2,1-4H3. The van der Waals surface area contributed by atoms with Gasteiger partial charge in [-0.25, -0.2) is 4.79 Å². The minimum atomic E-state index is -0.511. The summed E-state index contributed by atoms with van der Waals surface area (Å²) in [6.07, 6.45) is 3.60. The van der Waals surface area contributed by atoms with Gasteiger partial charge < -0.3 is 14.4 Å². The normalized spacial score (nSPS) is 16.7. The second-order valence-corrected chi connectivity index (χ2v) is 8.31. The van der Waals surface area contributed by atoms with E-state index >= 15 is 0 Å². The van der Waals surface area contributed by atoms with Crippen LogP contribution in [0.25, 0.3) is 0 Å². The molecule has 0 saturated carbocycles. The highest BCUT2D eigenvalue weighted by Crippen LogP contribution is 2.38. The summed E-state index contributed by atoms with van der Waals surface area (Å²) in [5, 5.41) is 0. The van der Waals surface area contributed by atoms with Gasteiger partial charge in [-0.1, -0.05) is 30.3 Å². The van der Waals surface area contributed by atoms with Gasteiger partial charge in [0.2, 0.25) is 0 Å². The number of esters is 1. The van der Waals surface area contributed by atoms with E-state index in [9.17, 15) is 9.59 Å². The summed E-state index contributed by atoms with van der Waals surface area (Å²) in [4.78, 5) is 26.7. The molecule has 0 radical (unpaired) electrons. The lowest BCUT2D eigenvalue weighted by Gasteiger charge is -2.40. The van der Waals surface area contributed by atoms with E-state index in [2.05, 4.69) is 12.1 Å². The van der Waals surface area contributed by atoms with Crippen LogP contribution >= 0.6 is 0 Å². The third-order valence-electron chi connectivity index (χ3n) is 5.04. The Kier molecular flexibility index (Phi) is 7.28. The number of carbonyl (C=O) groups is 2. The van der Waals surface area contributed by atoms with E-state index in [-0.39, 0.29) is 12.1 Å². The van der Waals surface area contributed by atoms with Crippen LogP contribution in [0.4, 0.5) is 4.79 Å². The number of ether oxygens (including phenoxy) is 2. The number of piperidine rings is 1. The van der Waals surface area contributed by atoms with Crippen molar-refractivity contribution in [3.8, 4) is 0 Å². The van der Waals surface area contributed by atoms with Crippen LogP contribution in [0.3, 0.4) is 0 Å². The van der Waals surface area contributed by atoms with Gasteiger partial charge in [0.05, 0.1) is 12.0 Å². The van der Waals surface area contributed by atoms with Crippen LogP contribution in [0.5, 0.6) is 0 Å². The summed E-state index contributed by atoms with van der Waals surface area (Å²) in [6, 6.07) is 10.3. The maximum atomic E-state index is 12.7. The zero-order chi connectivity index (χ0) is 19.9. The molecule has 0 bridgehead atoms. The van der Waals surface area contributed by atoms with E-state index in [0.29, 0.717) is 32.5 Å². The maximum absolute atomic E-state index is 12.7. The highest BCUT2D eigenvalue weighted by Gasteiger charge is 2.43. The fourth-order valence-electron chi connectivity index (χ4n) is 3.56. The van der Waals surface area contributed by atoms with Crippen molar-refractivity contribution in [3.05, 3.63) is 35.9 Å². The third-order valence-corrected chi connectivity index (χ3v) is 5.04. The largest absolute Gasteiger partial charge is 0.466 e. The van der Waals surface area contributed by atoms with Crippen molar-refractivity contribution < 1.29 is 19.1 Å². The molecule has 150 valence electrons. The van der Waals surface area contributed by atoms with Gasteiger partial charge in [0, 0.05) is 13.1 Å². The molecule has 0 aliphatic carbocycles. The molecular formula is C22H33NO4. The molecule has 0 spiro atoms. The number of hydrogen-bond acceptors (Lipinski definition) is 4. The number of likely N-dealkylation sites (tertiary alicyclic amines) is 1. The van der Waals surface area contributed by atoms with E-state index in [1.54, 1.807) is 4.90 Å². The molecule has 0 aromatic heterocycles. The Morgan fingerprint density at radius 2 is 1.74 bits per heavy atom. The molecule has 1 saturated heterocycles. The SMILES string of the molecule is CCOC(=O)C1(CCCc2ccccc2)CCN(C(=O)OC(C)(C)C)CC1. The first-order valence-electron chi connectivity index (χ1n) is 9.95. The molecule has 1 amide bonds. The molecule has 5 heteroatoms. The lowest BCUT2D eigenvalue weighted by Crippen LogP contribution is -2.48. The van der Waals surface area contributed by atoms with Crippen LogP contribution < -0.4 is 0 Å². The topological polar surface area (TPSA) is 55.8 Å². The van der Waals surface area contributed by atoms with E-state index in [1.165, 1.54) is 5.56 Å². The van der Waals surface area contributed by atoms with E-state index in [0.717, 1.165) is 19.3 Å². The number of rotatable bonds is 6. The average Bonchev–Trinajstić information content (AvgIpc) is 2.62. The van der Waals surface area contributed by atoms with Crippen molar-refractivity contribution in [2.45, 2.75) is 65.4 Å². The fourth-order valence-corrected chi connectivity index (χ4v) is 3.56. The number of aryl methyl sites for hydroxylation is 1. The molecule has 1 aromatic carbocycles. The third kappa shape index (κ3) is 6.26. The number of nitrogens with zero attached hydrogens (tertiary/aromatic N) is 1. The first-order valence-corrected chi connectivity index (χ1v) is 9.95. The Labute approximate surface area is 163 Å². The first-order chi connectivity index (χ1) is 12.8. The quantitative estimate of drug-likeness (QED) is 0.683. The summed E-state index contributed by atoms with van der Waals surface area (Å²) in [5.74, 6) is -0.123. The molecule has 2 rings (SSSR count). The number of carbonyl (C=O) groups excluding carboxylic acids is 2. The summed E-state index contributed by atoms with van der Waals surface area (Å²) < 4.78 is 10.9. The monoisotopic (exact) mass is 375 g/mol. The van der Waals surface area contributed by atoms with Gasteiger partial charge in [0.1, 0.15) is 5.60 Å². The van der Waals surface area contributed by atoms with E-state index < -0.39 is 11.0 Å². The van der Waals surface area contributed by atoms with Crippen molar-refractivity contribution in [3.63, 3.8) is 0 Å². The minimum absolute atomic E-state index is 0.123. The van der Waals surface area contributed by atoms with Gasteiger partial charge in [-0.2, -0.15) is 0 Å². The zero-order valence-electron chi connectivity index (χ0n) is 17.1. The maximum Gasteiger partial charge on any atom is 0.410 e. The lowest BCUT2D eigenvalue weighted by molar-refractivity contribution is -0.159. The Morgan fingerprint density at radius 1 is 1.11 bits per heavy atom. The number of benzene rings is 1. The van der Waals surface area contributed by atoms with Crippen molar-refractivity contribution >= 4 is 12.1 Å². The highest BCUT2D eigenvalue weighted by atomic mass is 16.6. The van der Waals surface area contributed by atoms with Crippen LogP contribution in [-0.2, 0) is 20.7 Å². The van der Waals surface area contributed by atoms with Gasteiger partial charge in [-0.05, 0) is 65.4 Å². The molecule has 27 heavy (non-hydrogen) atoms. The number of amides is 1. The Hall–Kier alpha value is -2.04. The molecule has 5 nitrogen and oxygen atoms in total. The van der Waals surface area contributed by atoms with Gasteiger partial charge >= 0.3 is 12.1 Å². The van der Waals surface area contributed by atoms with Crippen LogP contribution in [0.1, 0.15) is 58.9 Å². The van der Waals surface area contributed by atoms with Crippen molar-refractivity contribution in [1.82, 2.24) is 4.90 Å². The van der Waals surface area contributed by atoms with E-state index in [4.69, 9.17) is 9.47 Å². The molecule has 0 N–H and O–H groups in total. The molecule has 1 heterocycles. The summed E-state index contributed by atoms with van der Waals surface area (Å²) in [7, 11) is 0. The molecular weight excluding hydrogens is 342 g/mol. The zero-order valence-corrected chi connectivity index (χ0v) is 17.1. The lowest BCUT2D eigenvalue weighted by atomic mass is 9.74. The van der Waals surface area contributed by atoms with Crippen molar-refractivity contribution in [2.75, 3.05) is 19.7 Å². The Balaban J connectivity index is 1.97. The summed E-state index contributed by atoms with van der Waals surface area (Å²) in [6.45, 7) is 8.86. The van der Waals surface area contributed by atoms with Gasteiger partial charge in [-0.3, -0.25) is 4.79 Å². The highest BCUT2D eigenvalue weighted by molar-refractivity contribution is 5.77. The first kappa shape index (κ1) is 21.3. The summed E-state index contributed by atoms with van der Waals surface area (Å²) in [5.41, 5.74) is 0.272. The smallest absolute Gasteiger partial charge is 0.410 e. The van der Waals surface area contributed by atoms with Gasteiger partial charge in [0.25, 0.3) is 0 Å². The fraction of sp³-hybridized carbons (Fsp3) is 0.636. The Bertz CT molecular complexity index is 613. The van der Waals surface area contributed by atoms with Crippen LogP contribution in [0.2, 0.25) is 0 Å². The average molecular weight is 376 g/mol. The molecule has 0 atom stereocenters.